The van der Waals surface area contributed by atoms with Crippen LogP contribution in [0.3, 0.4) is 0 Å². The molecule has 2 aromatic rings. The molecule has 0 N–H and O–H groups in total. The summed E-state index contributed by atoms with van der Waals surface area (Å²) in [4.78, 5) is 24.7. The van der Waals surface area contributed by atoms with Gasteiger partial charge in [0.05, 0.1) is 11.8 Å². The summed E-state index contributed by atoms with van der Waals surface area (Å²) >= 11 is 0. The molecule has 3 rings (SSSR count). The predicted octanol–water partition coefficient (Wildman–Crippen LogP) is 2.74. The van der Waals surface area contributed by atoms with Crippen molar-refractivity contribution < 1.29 is 18.7 Å². The Morgan fingerprint density at radius 2 is 1.95 bits per heavy atom. The summed E-state index contributed by atoms with van der Waals surface area (Å²) in [5.41, 5.74) is 0.450. The van der Waals surface area contributed by atoms with Crippen LogP contribution in [-0.2, 0) is 0 Å². The Hall–Kier alpha value is -2.36. The first-order chi connectivity index (χ1) is 9.18. The fourth-order valence-electron chi connectivity index (χ4n) is 2.33. The summed E-state index contributed by atoms with van der Waals surface area (Å²) in [6, 6.07) is 10.1. The molecule has 4 nitrogen and oxygen atoms in total. The molecule has 0 fully saturated rings. The van der Waals surface area contributed by atoms with Crippen LogP contribution < -0.4 is 4.74 Å². The van der Waals surface area contributed by atoms with E-state index in [2.05, 4.69) is 0 Å². The fraction of sp³-hybridized carbons (Fsp3) is 0.200. The van der Waals surface area contributed by atoms with Gasteiger partial charge in [0.2, 0.25) is 5.78 Å². The Morgan fingerprint density at radius 1 is 1.16 bits per heavy atom. The molecule has 0 aliphatic carbocycles. The van der Waals surface area contributed by atoms with E-state index < -0.39 is 12.0 Å². The summed E-state index contributed by atoms with van der Waals surface area (Å²) < 4.78 is 10.7. The van der Waals surface area contributed by atoms with E-state index in [-0.39, 0.29) is 17.3 Å². The topological polar surface area (TPSA) is 56.5 Å². The molecule has 96 valence electrons. The molecule has 2 atom stereocenters. The Morgan fingerprint density at radius 3 is 2.68 bits per heavy atom. The number of para-hydroxylation sites is 1. The van der Waals surface area contributed by atoms with Crippen molar-refractivity contribution >= 4 is 11.6 Å². The number of hydrogen-bond acceptors (Lipinski definition) is 4. The quantitative estimate of drug-likeness (QED) is 0.612. The van der Waals surface area contributed by atoms with Gasteiger partial charge in [0.1, 0.15) is 17.8 Å². The lowest BCUT2D eigenvalue weighted by molar-refractivity contribution is 0.0590. The molecule has 2 heterocycles. The molecular weight excluding hydrogens is 244 g/mol. The van der Waals surface area contributed by atoms with Gasteiger partial charge in [0, 0.05) is 0 Å². The number of benzene rings is 1. The van der Waals surface area contributed by atoms with Crippen molar-refractivity contribution in [2.45, 2.75) is 13.0 Å². The van der Waals surface area contributed by atoms with Crippen LogP contribution >= 0.6 is 0 Å². The van der Waals surface area contributed by atoms with Gasteiger partial charge < -0.3 is 9.15 Å². The van der Waals surface area contributed by atoms with E-state index in [0.717, 1.165) is 0 Å². The van der Waals surface area contributed by atoms with Gasteiger partial charge in [-0.05, 0) is 31.2 Å². The van der Waals surface area contributed by atoms with Gasteiger partial charge in [0.25, 0.3) is 0 Å². The van der Waals surface area contributed by atoms with Crippen LogP contribution in [0.25, 0.3) is 0 Å². The first-order valence-corrected chi connectivity index (χ1v) is 6.06. The average Bonchev–Trinajstić information content (AvgIpc) is 2.92. The van der Waals surface area contributed by atoms with Gasteiger partial charge in [-0.2, -0.15) is 0 Å². The van der Waals surface area contributed by atoms with Crippen LogP contribution in [0, 0.1) is 5.92 Å². The molecule has 0 radical (unpaired) electrons. The second-order valence-corrected chi connectivity index (χ2v) is 4.50. The molecule has 1 aliphatic heterocycles. The van der Waals surface area contributed by atoms with Crippen LogP contribution in [-0.4, -0.2) is 17.7 Å². The number of ketones is 2. The van der Waals surface area contributed by atoms with E-state index in [1.54, 1.807) is 43.3 Å². The number of hydrogen-bond donors (Lipinski definition) is 0. The zero-order valence-corrected chi connectivity index (χ0v) is 10.3. The minimum absolute atomic E-state index is 0.188. The third kappa shape index (κ3) is 1.85. The highest BCUT2D eigenvalue weighted by molar-refractivity contribution is 6.17. The summed E-state index contributed by atoms with van der Waals surface area (Å²) in [5, 5.41) is 0. The van der Waals surface area contributed by atoms with E-state index in [1.807, 2.05) is 0 Å². The SMILES string of the molecule is C[C@H]1Oc2ccccc2C(=O)[C@@H]1C(=O)c1ccco1. The number of furan rings is 1. The highest BCUT2D eigenvalue weighted by Crippen LogP contribution is 2.32. The van der Waals surface area contributed by atoms with Crippen molar-refractivity contribution in [3.8, 4) is 5.75 Å². The number of fused-ring (bicyclic) bond motifs is 1. The van der Waals surface area contributed by atoms with Crippen molar-refractivity contribution in [3.05, 3.63) is 54.0 Å². The number of ether oxygens (including phenoxy) is 1. The Bertz CT molecular complexity index is 627. The van der Waals surface area contributed by atoms with Gasteiger partial charge in [-0.15, -0.1) is 0 Å². The van der Waals surface area contributed by atoms with Crippen molar-refractivity contribution in [3.63, 3.8) is 0 Å². The number of carbonyl (C=O) groups is 2. The maximum absolute atomic E-state index is 12.4. The minimum atomic E-state index is -0.846. The number of carbonyl (C=O) groups excluding carboxylic acids is 2. The first-order valence-electron chi connectivity index (χ1n) is 6.06. The molecule has 0 amide bonds. The second kappa shape index (κ2) is 4.39. The summed E-state index contributed by atoms with van der Waals surface area (Å²) in [6.07, 6.45) is 0.917. The highest BCUT2D eigenvalue weighted by atomic mass is 16.5. The molecule has 0 bridgehead atoms. The van der Waals surface area contributed by atoms with Gasteiger partial charge in [-0.3, -0.25) is 9.59 Å². The van der Waals surface area contributed by atoms with Crippen LogP contribution in [0.5, 0.6) is 5.75 Å². The van der Waals surface area contributed by atoms with E-state index in [0.29, 0.717) is 11.3 Å². The molecule has 1 aromatic heterocycles. The average molecular weight is 256 g/mol. The molecule has 0 saturated heterocycles. The van der Waals surface area contributed by atoms with Crippen molar-refractivity contribution in [2.24, 2.45) is 5.92 Å². The van der Waals surface area contributed by atoms with Crippen LogP contribution in [0.15, 0.2) is 47.1 Å². The molecule has 0 saturated carbocycles. The molecular formula is C15H12O4. The Kier molecular flexibility index (Phi) is 2.71. The molecule has 19 heavy (non-hydrogen) atoms. The third-order valence-corrected chi connectivity index (χ3v) is 3.26. The minimum Gasteiger partial charge on any atom is -0.489 e. The van der Waals surface area contributed by atoms with Gasteiger partial charge in [0.15, 0.2) is 11.5 Å². The monoisotopic (exact) mass is 256 g/mol. The lowest BCUT2D eigenvalue weighted by atomic mass is 9.86. The summed E-state index contributed by atoms with van der Waals surface area (Å²) in [7, 11) is 0. The fourth-order valence-corrected chi connectivity index (χ4v) is 2.33. The molecule has 0 spiro atoms. The Labute approximate surface area is 110 Å². The maximum atomic E-state index is 12.4. The van der Waals surface area contributed by atoms with Crippen molar-refractivity contribution in [1.82, 2.24) is 0 Å². The second-order valence-electron chi connectivity index (χ2n) is 4.50. The van der Waals surface area contributed by atoms with E-state index >= 15 is 0 Å². The Balaban J connectivity index is 2.00. The van der Waals surface area contributed by atoms with Crippen LogP contribution in [0.2, 0.25) is 0 Å². The largest absolute Gasteiger partial charge is 0.489 e. The molecule has 0 unspecified atom stereocenters. The smallest absolute Gasteiger partial charge is 0.212 e. The van der Waals surface area contributed by atoms with E-state index in [9.17, 15) is 9.59 Å². The third-order valence-electron chi connectivity index (χ3n) is 3.26. The standard InChI is InChI=1S/C15H12O4/c1-9-13(15(17)12-7-4-8-18-12)14(16)10-5-2-3-6-11(10)19-9/h2-9,13H,1H3/t9-,13-/m1/s1. The maximum Gasteiger partial charge on any atom is 0.212 e. The lowest BCUT2D eigenvalue weighted by Gasteiger charge is -2.28. The van der Waals surface area contributed by atoms with Crippen LogP contribution in [0.4, 0.5) is 0 Å². The number of rotatable bonds is 2. The molecule has 4 heteroatoms. The highest BCUT2D eigenvalue weighted by Gasteiger charge is 2.40. The van der Waals surface area contributed by atoms with Gasteiger partial charge in [-0.1, -0.05) is 12.1 Å². The van der Waals surface area contributed by atoms with Crippen LogP contribution in [0.1, 0.15) is 27.8 Å². The zero-order chi connectivity index (χ0) is 13.4. The zero-order valence-electron chi connectivity index (χ0n) is 10.3. The number of Topliss-reactive ketones (excluding diaryl/α,β-unsaturated/α-hetero) is 2. The lowest BCUT2D eigenvalue weighted by Crippen LogP contribution is -2.40. The normalized spacial score (nSPS) is 21.6. The van der Waals surface area contributed by atoms with Crippen molar-refractivity contribution in [2.75, 3.05) is 0 Å². The molecule has 1 aliphatic rings. The van der Waals surface area contributed by atoms with E-state index in [4.69, 9.17) is 9.15 Å². The molecule has 1 aromatic carbocycles. The van der Waals surface area contributed by atoms with Crippen molar-refractivity contribution in [1.29, 1.82) is 0 Å². The van der Waals surface area contributed by atoms with E-state index in [1.165, 1.54) is 6.26 Å². The predicted molar refractivity (Wildman–Crippen MR) is 67.4 cm³/mol. The van der Waals surface area contributed by atoms with Gasteiger partial charge >= 0.3 is 0 Å². The first kappa shape index (κ1) is 11.7. The van der Waals surface area contributed by atoms with Gasteiger partial charge in [-0.25, -0.2) is 0 Å². The summed E-state index contributed by atoms with van der Waals surface area (Å²) in [6.45, 7) is 1.72. The summed E-state index contributed by atoms with van der Waals surface area (Å²) in [5.74, 6) is -0.675.